The SMILES string of the molecule is CCN1C(=O)[C@@H](NC(=O)c2cccc(C(F)(F)F)c2)[C@@H](c2ccc(F)cc2)c2c(CNC(=O)OC)nn(-c3ccccc3)c21. The van der Waals surface area contributed by atoms with Gasteiger partial charge in [-0.2, -0.15) is 18.3 Å². The summed E-state index contributed by atoms with van der Waals surface area (Å²) in [5.41, 5.74) is 0.488. The fraction of sp³-hybridized carbons (Fsp3) is 0.226. The first-order chi connectivity index (χ1) is 21.0. The Morgan fingerprint density at radius 1 is 1.00 bits per heavy atom. The first-order valence-electron chi connectivity index (χ1n) is 13.6. The Morgan fingerprint density at radius 3 is 2.34 bits per heavy atom. The van der Waals surface area contributed by atoms with Crippen molar-refractivity contribution in [1.82, 2.24) is 20.4 Å². The van der Waals surface area contributed by atoms with Crippen molar-refractivity contribution >= 4 is 23.7 Å². The molecule has 0 saturated carbocycles. The van der Waals surface area contributed by atoms with Crippen molar-refractivity contribution in [1.29, 1.82) is 0 Å². The number of hydrogen-bond acceptors (Lipinski definition) is 5. The average molecular weight is 610 g/mol. The number of halogens is 4. The fourth-order valence-electron chi connectivity index (χ4n) is 5.27. The third-order valence-corrected chi connectivity index (χ3v) is 7.28. The molecule has 0 spiro atoms. The van der Waals surface area contributed by atoms with E-state index in [1.807, 2.05) is 6.07 Å². The Balaban J connectivity index is 1.69. The number of aromatic nitrogens is 2. The summed E-state index contributed by atoms with van der Waals surface area (Å²) >= 11 is 0. The quantitative estimate of drug-likeness (QED) is 0.281. The van der Waals surface area contributed by atoms with Gasteiger partial charge in [0.2, 0.25) is 0 Å². The Kier molecular flexibility index (Phi) is 8.39. The number of methoxy groups -OCH3 is 1. The van der Waals surface area contributed by atoms with E-state index in [4.69, 9.17) is 9.84 Å². The number of alkyl carbamates (subject to hydrolysis) is 1. The van der Waals surface area contributed by atoms with E-state index < -0.39 is 47.4 Å². The van der Waals surface area contributed by atoms with Crippen LogP contribution in [-0.2, 0) is 22.3 Å². The van der Waals surface area contributed by atoms with Crippen LogP contribution in [0.15, 0.2) is 78.9 Å². The number of carbonyl (C=O) groups excluding carboxylic acids is 3. The highest BCUT2D eigenvalue weighted by molar-refractivity contribution is 6.05. The highest BCUT2D eigenvalue weighted by Crippen LogP contribution is 2.43. The summed E-state index contributed by atoms with van der Waals surface area (Å²) in [4.78, 5) is 41.1. The summed E-state index contributed by atoms with van der Waals surface area (Å²) in [6, 6.07) is 16.8. The molecule has 9 nitrogen and oxygen atoms in total. The summed E-state index contributed by atoms with van der Waals surface area (Å²) in [5.74, 6) is -2.61. The number of ether oxygens (including phenoxy) is 1. The molecule has 2 atom stereocenters. The zero-order valence-corrected chi connectivity index (χ0v) is 23.6. The number of nitrogens with one attached hydrogen (secondary N) is 2. The molecule has 228 valence electrons. The van der Waals surface area contributed by atoms with Gasteiger partial charge in [0.1, 0.15) is 17.7 Å². The molecule has 0 saturated heterocycles. The summed E-state index contributed by atoms with van der Waals surface area (Å²) in [5, 5.41) is 9.99. The number of anilines is 1. The third kappa shape index (κ3) is 5.85. The van der Waals surface area contributed by atoms with Gasteiger partial charge in [-0.15, -0.1) is 0 Å². The normalized spacial score (nSPS) is 16.3. The molecular weight excluding hydrogens is 582 g/mol. The minimum atomic E-state index is -4.69. The lowest BCUT2D eigenvalue weighted by Gasteiger charge is -2.38. The van der Waals surface area contributed by atoms with Crippen molar-refractivity contribution < 1.29 is 36.7 Å². The van der Waals surface area contributed by atoms with Crippen molar-refractivity contribution in [3.05, 3.63) is 113 Å². The van der Waals surface area contributed by atoms with Gasteiger partial charge in [-0.05, 0) is 55.0 Å². The second kappa shape index (κ2) is 12.2. The molecule has 3 amide bonds. The fourth-order valence-corrected chi connectivity index (χ4v) is 5.27. The predicted octanol–water partition coefficient (Wildman–Crippen LogP) is 5.18. The monoisotopic (exact) mass is 609 g/mol. The summed E-state index contributed by atoms with van der Waals surface area (Å²) in [6.07, 6.45) is -5.42. The maximum atomic E-state index is 14.2. The lowest BCUT2D eigenvalue weighted by Crippen LogP contribution is -2.55. The number of amides is 3. The van der Waals surface area contributed by atoms with Crippen molar-refractivity contribution in [2.24, 2.45) is 0 Å². The Hall–Kier alpha value is -5.20. The first-order valence-corrected chi connectivity index (χ1v) is 13.6. The topological polar surface area (TPSA) is 106 Å². The van der Waals surface area contributed by atoms with E-state index in [1.54, 1.807) is 35.9 Å². The molecule has 0 bridgehead atoms. The largest absolute Gasteiger partial charge is 0.453 e. The maximum absolute atomic E-state index is 14.2. The standard InChI is InChI=1S/C31H27F4N5O4/c1-3-39-28-25(23(17-36-30(43)44-2)38-40(28)22-10-5-4-6-11-22)24(18-12-14-21(32)15-13-18)26(29(39)42)37-27(41)19-8-7-9-20(16-19)31(33,34)35/h4-16,24,26H,3,17H2,1-2H3,(H,36,43)(H,37,41)/t24-,26-/m0/s1. The van der Waals surface area contributed by atoms with Crippen molar-refractivity contribution in [3.8, 4) is 5.69 Å². The molecule has 0 unspecified atom stereocenters. The minimum absolute atomic E-state index is 0.132. The van der Waals surface area contributed by atoms with Gasteiger partial charge in [0, 0.05) is 23.6 Å². The van der Waals surface area contributed by atoms with Gasteiger partial charge in [0.05, 0.1) is 30.6 Å². The van der Waals surface area contributed by atoms with Crippen LogP contribution in [0.5, 0.6) is 0 Å². The van der Waals surface area contributed by atoms with Crippen LogP contribution in [0, 0.1) is 5.82 Å². The van der Waals surface area contributed by atoms with Crippen LogP contribution in [0.4, 0.5) is 28.2 Å². The molecular formula is C31H27F4N5O4. The Morgan fingerprint density at radius 2 is 1.70 bits per heavy atom. The summed E-state index contributed by atoms with van der Waals surface area (Å²) in [6.45, 7) is 1.73. The number of hydrogen-bond donors (Lipinski definition) is 2. The van der Waals surface area contributed by atoms with E-state index in [0.29, 0.717) is 34.4 Å². The van der Waals surface area contributed by atoms with Gasteiger partial charge in [0.25, 0.3) is 11.8 Å². The van der Waals surface area contributed by atoms with E-state index in [1.165, 1.54) is 42.3 Å². The zero-order valence-electron chi connectivity index (χ0n) is 23.6. The van der Waals surface area contributed by atoms with Crippen LogP contribution >= 0.6 is 0 Å². The van der Waals surface area contributed by atoms with E-state index in [0.717, 1.165) is 12.1 Å². The Labute approximate surface area is 249 Å². The smallest absolute Gasteiger partial charge is 0.416 e. The van der Waals surface area contributed by atoms with E-state index in [2.05, 4.69) is 10.6 Å². The molecule has 0 radical (unpaired) electrons. The number of nitrogens with zero attached hydrogens (tertiary/aromatic N) is 3. The van der Waals surface area contributed by atoms with Gasteiger partial charge in [-0.3, -0.25) is 14.5 Å². The van der Waals surface area contributed by atoms with Crippen LogP contribution in [-0.4, -0.2) is 47.4 Å². The number of carbonyl (C=O) groups is 3. The lowest BCUT2D eigenvalue weighted by atomic mass is 9.80. The number of benzene rings is 3. The molecule has 1 aliphatic heterocycles. The number of likely N-dealkylation sites (N-methyl/N-ethyl adjacent to an activating group) is 1. The van der Waals surface area contributed by atoms with Crippen LogP contribution in [0.3, 0.4) is 0 Å². The van der Waals surface area contributed by atoms with E-state index in [9.17, 15) is 31.9 Å². The maximum Gasteiger partial charge on any atom is 0.416 e. The number of para-hydroxylation sites is 1. The molecule has 3 aromatic carbocycles. The second-order valence-electron chi connectivity index (χ2n) is 9.92. The van der Waals surface area contributed by atoms with Crippen LogP contribution in [0.25, 0.3) is 5.69 Å². The van der Waals surface area contributed by atoms with Gasteiger partial charge in [-0.1, -0.05) is 36.4 Å². The van der Waals surface area contributed by atoms with Crippen LogP contribution < -0.4 is 15.5 Å². The second-order valence-corrected chi connectivity index (χ2v) is 9.92. The van der Waals surface area contributed by atoms with Crippen LogP contribution in [0.2, 0.25) is 0 Å². The zero-order chi connectivity index (χ0) is 31.6. The molecule has 0 aliphatic carbocycles. The number of alkyl halides is 3. The van der Waals surface area contributed by atoms with Gasteiger partial charge in [0.15, 0.2) is 0 Å². The molecule has 2 heterocycles. The summed E-state index contributed by atoms with van der Waals surface area (Å²) < 4.78 is 60.5. The highest BCUT2D eigenvalue weighted by atomic mass is 19.4. The Bertz CT molecular complexity index is 1690. The molecule has 1 aromatic heterocycles. The molecule has 1 aliphatic rings. The van der Waals surface area contributed by atoms with Gasteiger partial charge in [-0.25, -0.2) is 13.9 Å². The molecule has 5 rings (SSSR count). The highest BCUT2D eigenvalue weighted by Gasteiger charge is 2.46. The molecule has 2 N–H and O–H groups in total. The number of fused-ring (bicyclic) bond motifs is 1. The molecule has 44 heavy (non-hydrogen) atoms. The van der Waals surface area contributed by atoms with Crippen LogP contribution in [0.1, 0.15) is 45.6 Å². The predicted molar refractivity (Wildman–Crippen MR) is 152 cm³/mol. The van der Waals surface area contributed by atoms with Crippen molar-refractivity contribution in [3.63, 3.8) is 0 Å². The molecule has 13 heteroatoms. The average Bonchev–Trinajstić information content (AvgIpc) is 3.39. The van der Waals surface area contributed by atoms with Gasteiger partial charge < -0.3 is 15.4 Å². The molecule has 4 aromatic rings. The van der Waals surface area contributed by atoms with E-state index in [-0.39, 0.29) is 18.7 Å². The molecule has 0 fully saturated rings. The minimum Gasteiger partial charge on any atom is -0.453 e. The first kappa shape index (κ1) is 30.3. The van der Waals surface area contributed by atoms with E-state index >= 15 is 0 Å². The lowest BCUT2D eigenvalue weighted by molar-refractivity contribution is -0.137. The number of rotatable bonds is 7. The summed E-state index contributed by atoms with van der Waals surface area (Å²) in [7, 11) is 1.20. The van der Waals surface area contributed by atoms with Crippen molar-refractivity contribution in [2.45, 2.75) is 31.6 Å². The van der Waals surface area contributed by atoms with Gasteiger partial charge >= 0.3 is 12.3 Å². The third-order valence-electron chi connectivity index (χ3n) is 7.28. The van der Waals surface area contributed by atoms with Crippen molar-refractivity contribution in [2.75, 3.05) is 18.6 Å².